The number of carbonyl (C=O) groups excluding carboxylic acids is 2. The van der Waals surface area contributed by atoms with Gasteiger partial charge in [-0.1, -0.05) is 11.6 Å². The van der Waals surface area contributed by atoms with Crippen LogP contribution in [0.3, 0.4) is 0 Å². The van der Waals surface area contributed by atoms with Crippen LogP contribution in [0.5, 0.6) is 0 Å². The Kier molecular flexibility index (Phi) is 6.02. The van der Waals surface area contributed by atoms with Crippen LogP contribution < -0.4 is 5.32 Å². The van der Waals surface area contributed by atoms with Crippen LogP contribution >= 0.6 is 11.6 Å². The Morgan fingerprint density at radius 1 is 1.09 bits per heavy atom. The maximum absolute atomic E-state index is 12.3. The highest BCUT2D eigenvalue weighted by Crippen LogP contribution is 2.15. The molecule has 0 saturated carbocycles. The van der Waals surface area contributed by atoms with Crippen LogP contribution in [-0.4, -0.2) is 42.2 Å². The van der Waals surface area contributed by atoms with Gasteiger partial charge in [0.05, 0.1) is 6.61 Å². The number of nitrogens with one attached hydrogen (secondary N) is 1. The van der Waals surface area contributed by atoms with Crippen molar-refractivity contribution in [2.45, 2.75) is 0 Å². The molecule has 0 fully saturated rings. The van der Waals surface area contributed by atoms with Crippen molar-refractivity contribution in [3.05, 3.63) is 53.1 Å². The van der Waals surface area contributed by atoms with E-state index in [-0.39, 0.29) is 24.6 Å². The number of ether oxygens (including phenoxy) is 2. The van der Waals surface area contributed by atoms with Crippen molar-refractivity contribution in [2.24, 2.45) is 0 Å². The van der Waals surface area contributed by atoms with Crippen LogP contribution in [0.25, 0.3) is 0 Å². The summed E-state index contributed by atoms with van der Waals surface area (Å²) in [5, 5.41) is 3.16. The summed E-state index contributed by atoms with van der Waals surface area (Å²) in [6.45, 7) is 0.308. The molecule has 8 heteroatoms. The van der Waals surface area contributed by atoms with Crippen LogP contribution in [0, 0.1) is 0 Å². The fraction of sp³-hybridized carbons (Fsp3) is 0.200. The van der Waals surface area contributed by atoms with Crippen molar-refractivity contribution < 1.29 is 19.1 Å². The Bertz CT molecular complexity index is 691. The lowest BCUT2D eigenvalue weighted by Crippen LogP contribution is -2.21. The Hall–Kier alpha value is -2.51. The standard InChI is InChI=1S/C15H14ClN3O4/c1-22-8-9-23-15(21)13-12(17-6-7-18-13)14(20)19-11-4-2-10(16)3-5-11/h2-7H,8-9H2,1H3,(H,19,20). The smallest absolute Gasteiger partial charge is 0.359 e. The third-order valence-electron chi connectivity index (χ3n) is 2.73. The van der Waals surface area contributed by atoms with E-state index in [0.717, 1.165) is 0 Å². The molecular weight excluding hydrogens is 322 g/mol. The number of rotatable bonds is 6. The second-order valence-electron chi connectivity index (χ2n) is 4.34. The average molecular weight is 336 g/mol. The first-order chi connectivity index (χ1) is 11.1. The molecule has 0 aliphatic carbocycles. The first-order valence-corrected chi connectivity index (χ1v) is 7.03. The predicted octanol–water partition coefficient (Wildman–Crippen LogP) is 2.19. The summed E-state index contributed by atoms with van der Waals surface area (Å²) in [7, 11) is 1.49. The van der Waals surface area contributed by atoms with Gasteiger partial charge in [-0.25, -0.2) is 14.8 Å². The molecule has 1 aromatic heterocycles. The van der Waals surface area contributed by atoms with Gasteiger partial charge in [-0.2, -0.15) is 0 Å². The van der Waals surface area contributed by atoms with Crippen LogP contribution in [0.1, 0.15) is 21.0 Å². The number of hydrogen-bond acceptors (Lipinski definition) is 6. The first-order valence-electron chi connectivity index (χ1n) is 6.66. The molecule has 0 aliphatic rings. The Morgan fingerprint density at radius 3 is 2.39 bits per heavy atom. The van der Waals surface area contributed by atoms with Gasteiger partial charge in [-0.15, -0.1) is 0 Å². The van der Waals surface area contributed by atoms with Crippen molar-refractivity contribution in [2.75, 3.05) is 25.6 Å². The number of halogens is 1. The van der Waals surface area contributed by atoms with Crippen molar-refractivity contribution in [3.8, 4) is 0 Å². The molecule has 1 heterocycles. The molecule has 0 aliphatic heterocycles. The second kappa shape index (κ2) is 8.21. The fourth-order valence-electron chi connectivity index (χ4n) is 1.66. The fourth-order valence-corrected chi connectivity index (χ4v) is 1.79. The molecule has 0 saturated heterocycles. The normalized spacial score (nSPS) is 10.2. The van der Waals surface area contributed by atoms with Gasteiger partial charge in [0, 0.05) is 30.2 Å². The minimum atomic E-state index is -0.739. The Balaban J connectivity index is 2.13. The van der Waals surface area contributed by atoms with E-state index >= 15 is 0 Å². The lowest BCUT2D eigenvalue weighted by atomic mass is 10.2. The molecule has 2 aromatic rings. The molecule has 0 spiro atoms. The average Bonchev–Trinajstić information content (AvgIpc) is 2.57. The van der Waals surface area contributed by atoms with E-state index in [1.54, 1.807) is 24.3 Å². The van der Waals surface area contributed by atoms with E-state index in [9.17, 15) is 9.59 Å². The second-order valence-corrected chi connectivity index (χ2v) is 4.78. The largest absolute Gasteiger partial charge is 0.458 e. The molecule has 23 heavy (non-hydrogen) atoms. The number of anilines is 1. The summed E-state index contributed by atoms with van der Waals surface area (Å²) in [4.78, 5) is 32.0. The van der Waals surface area contributed by atoms with Crippen LogP contribution in [0.15, 0.2) is 36.7 Å². The van der Waals surface area contributed by atoms with E-state index in [1.165, 1.54) is 19.5 Å². The third kappa shape index (κ3) is 4.73. The van der Waals surface area contributed by atoms with E-state index in [4.69, 9.17) is 21.1 Å². The van der Waals surface area contributed by atoms with Crippen LogP contribution in [-0.2, 0) is 9.47 Å². The molecule has 120 valence electrons. The summed E-state index contributed by atoms with van der Waals surface area (Å²) < 4.78 is 9.75. The molecule has 0 bridgehead atoms. The monoisotopic (exact) mass is 335 g/mol. The zero-order valence-electron chi connectivity index (χ0n) is 12.3. The SMILES string of the molecule is COCCOC(=O)c1nccnc1C(=O)Nc1ccc(Cl)cc1. The lowest BCUT2D eigenvalue weighted by Gasteiger charge is -2.08. The molecule has 0 atom stereocenters. The van der Waals surface area contributed by atoms with Crippen LogP contribution in [0.2, 0.25) is 5.02 Å². The van der Waals surface area contributed by atoms with Crippen molar-refractivity contribution in [1.82, 2.24) is 9.97 Å². The van der Waals surface area contributed by atoms with Gasteiger partial charge in [0.25, 0.3) is 5.91 Å². The van der Waals surface area contributed by atoms with Crippen molar-refractivity contribution in [1.29, 1.82) is 0 Å². The minimum absolute atomic E-state index is 0.0597. The van der Waals surface area contributed by atoms with Gasteiger partial charge in [0.1, 0.15) is 6.61 Å². The highest BCUT2D eigenvalue weighted by Gasteiger charge is 2.21. The van der Waals surface area contributed by atoms with E-state index in [0.29, 0.717) is 10.7 Å². The Morgan fingerprint density at radius 2 is 1.74 bits per heavy atom. The molecule has 0 unspecified atom stereocenters. The maximum Gasteiger partial charge on any atom is 0.359 e. The first kappa shape index (κ1) is 16.9. The quantitative estimate of drug-likeness (QED) is 0.642. The van der Waals surface area contributed by atoms with Gasteiger partial charge in [0.15, 0.2) is 11.4 Å². The number of esters is 1. The Labute approximate surface area is 137 Å². The van der Waals surface area contributed by atoms with Gasteiger partial charge in [-0.05, 0) is 24.3 Å². The van der Waals surface area contributed by atoms with E-state index < -0.39 is 11.9 Å². The summed E-state index contributed by atoms with van der Waals surface area (Å²) >= 11 is 5.79. The number of nitrogens with zero attached hydrogens (tertiary/aromatic N) is 2. The topological polar surface area (TPSA) is 90.4 Å². The molecule has 7 nitrogen and oxygen atoms in total. The van der Waals surface area contributed by atoms with Gasteiger partial charge < -0.3 is 14.8 Å². The van der Waals surface area contributed by atoms with Gasteiger partial charge in [0.2, 0.25) is 0 Å². The summed E-state index contributed by atoms with van der Waals surface area (Å²) in [5.41, 5.74) is 0.240. The number of carbonyl (C=O) groups is 2. The van der Waals surface area contributed by atoms with Gasteiger partial charge in [-0.3, -0.25) is 4.79 Å². The summed E-state index contributed by atoms with van der Waals surface area (Å²) in [6.07, 6.45) is 2.63. The maximum atomic E-state index is 12.3. The summed E-state index contributed by atoms with van der Waals surface area (Å²) in [6, 6.07) is 6.53. The third-order valence-corrected chi connectivity index (χ3v) is 2.98. The highest BCUT2D eigenvalue weighted by molar-refractivity contribution is 6.30. The van der Waals surface area contributed by atoms with Crippen LogP contribution in [0.4, 0.5) is 5.69 Å². The zero-order chi connectivity index (χ0) is 16.7. The molecule has 0 radical (unpaired) electrons. The number of aromatic nitrogens is 2. The van der Waals surface area contributed by atoms with Gasteiger partial charge >= 0.3 is 5.97 Å². The number of amides is 1. The zero-order valence-corrected chi connectivity index (χ0v) is 13.0. The highest BCUT2D eigenvalue weighted by atomic mass is 35.5. The number of methoxy groups -OCH3 is 1. The minimum Gasteiger partial charge on any atom is -0.458 e. The molecule has 1 aromatic carbocycles. The van der Waals surface area contributed by atoms with E-state index in [1.807, 2.05) is 0 Å². The number of hydrogen-bond donors (Lipinski definition) is 1. The lowest BCUT2D eigenvalue weighted by molar-refractivity contribution is 0.0378. The molecule has 1 amide bonds. The predicted molar refractivity (Wildman–Crippen MR) is 83.6 cm³/mol. The molecule has 2 rings (SSSR count). The summed E-state index contributed by atoms with van der Waals surface area (Å²) in [5.74, 6) is -1.31. The van der Waals surface area contributed by atoms with Crippen molar-refractivity contribution in [3.63, 3.8) is 0 Å². The number of benzene rings is 1. The molecular formula is C15H14ClN3O4. The van der Waals surface area contributed by atoms with Crippen molar-refractivity contribution >= 4 is 29.2 Å². The molecule has 1 N–H and O–H groups in total. The van der Waals surface area contributed by atoms with E-state index in [2.05, 4.69) is 15.3 Å².